The smallest absolute Gasteiger partial charge is 0.338 e. The van der Waals surface area contributed by atoms with Gasteiger partial charge < -0.3 is 9.64 Å². The third-order valence-corrected chi connectivity index (χ3v) is 8.06. The van der Waals surface area contributed by atoms with E-state index < -0.39 is 16.0 Å². The van der Waals surface area contributed by atoms with Crippen LogP contribution in [0.3, 0.4) is 0 Å². The molecule has 0 heterocycles. The number of sulfonamides is 1. The normalized spacial score (nSPS) is 14.8. The van der Waals surface area contributed by atoms with Gasteiger partial charge in [0.2, 0.25) is 10.0 Å². The zero-order valence-corrected chi connectivity index (χ0v) is 20.1. The van der Waals surface area contributed by atoms with E-state index >= 15 is 0 Å². The monoisotopic (exact) mass is 472 g/mol. The molecule has 1 aliphatic carbocycles. The van der Waals surface area contributed by atoms with Gasteiger partial charge in [-0.3, -0.25) is 4.79 Å². The molecule has 33 heavy (non-hydrogen) atoms. The molecule has 8 heteroatoms. The molecule has 1 fully saturated rings. The number of hydrogen-bond donors (Lipinski definition) is 0. The van der Waals surface area contributed by atoms with Crippen molar-refractivity contribution in [3.63, 3.8) is 0 Å². The van der Waals surface area contributed by atoms with Gasteiger partial charge in [-0.1, -0.05) is 49.6 Å². The lowest BCUT2D eigenvalue weighted by Gasteiger charge is -2.30. The van der Waals surface area contributed by atoms with Crippen LogP contribution >= 0.6 is 0 Å². The second-order valence-corrected chi connectivity index (χ2v) is 10.3. The van der Waals surface area contributed by atoms with Crippen molar-refractivity contribution < 1.29 is 22.7 Å². The number of carbonyl (C=O) groups excluding carboxylic acids is 2. The Kier molecular flexibility index (Phi) is 8.63. The Bertz CT molecular complexity index is 1030. The molecule has 0 aliphatic heterocycles. The molecule has 7 nitrogen and oxygen atoms in total. The van der Waals surface area contributed by atoms with Crippen LogP contribution in [-0.2, 0) is 26.1 Å². The summed E-state index contributed by atoms with van der Waals surface area (Å²) in [7, 11) is -2.01. The van der Waals surface area contributed by atoms with Gasteiger partial charge in [0.15, 0.2) is 6.61 Å². The van der Waals surface area contributed by atoms with E-state index in [0.717, 1.165) is 37.7 Å². The van der Waals surface area contributed by atoms with Gasteiger partial charge in [-0.15, -0.1) is 0 Å². The molecule has 2 aromatic rings. The number of hydrogen-bond acceptors (Lipinski definition) is 5. The van der Waals surface area contributed by atoms with Crippen molar-refractivity contribution >= 4 is 21.9 Å². The second kappa shape index (κ2) is 11.4. The number of amides is 1. The van der Waals surface area contributed by atoms with E-state index in [4.69, 9.17) is 4.74 Å². The first-order valence-electron chi connectivity index (χ1n) is 11.4. The lowest BCUT2D eigenvalue weighted by atomic mass is 9.96. The van der Waals surface area contributed by atoms with Crippen molar-refractivity contribution in [2.75, 3.05) is 20.2 Å². The van der Waals surface area contributed by atoms with Crippen LogP contribution in [0.5, 0.6) is 0 Å². The Balaban J connectivity index is 1.57. The molecule has 2 aromatic carbocycles. The van der Waals surface area contributed by atoms with Crippen molar-refractivity contribution in [2.24, 2.45) is 0 Å². The Labute approximate surface area is 196 Å². The van der Waals surface area contributed by atoms with Crippen LogP contribution in [0.25, 0.3) is 0 Å². The van der Waals surface area contributed by atoms with E-state index in [-0.39, 0.29) is 29.0 Å². The third-order valence-electron chi connectivity index (χ3n) is 6.13. The average Bonchev–Trinajstić information content (AvgIpc) is 2.86. The van der Waals surface area contributed by atoms with Crippen molar-refractivity contribution in [2.45, 2.75) is 56.5 Å². The van der Waals surface area contributed by atoms with Gasteiger partial charge in [-0.2, -0.15) is 4.31 Å². The summed E-state index contributed by atoms with van der Waals surface area (Å²) in [5.41, 5.74) is 1.20. The van der Waals surface area contributed by atoms with Crippen molar-refractivity contribution in [3.05, 3.63) is 65.7 Å². The molecule has 1 aliphatic rings. The Hall–Kier alpha value is -2.71. The highest BCUT2D eigenvalue weighted by Gasteiger charge is 2.29. The van der Waals surface area contributed by atoms with Gasteiger partial charge in [0.1, 0.15) is 0 Å². The number of ether oxygens (including phenoxy) is 1. The highest BCUT2D eigenvalue weighted by molar-refractivity contribution is 7.89. The molecule has 0 spiro atoms. The Morgan fingerprint density at radius 1 is 0.970 bits per heavy atom. The quantitative estimate of drug-likeness (QED) is 0.518. The first-order valence-corrected chi connectivity index (χ1v) is 12.8. The van der Waals surface area contributed by atoms with Crippen LogP contribution in [-0.4, -0.2) is 55.7 Å². The summed E-state index contributed by atoms with van der Waals surface area (Å²) in [6.07, 6.45) is 4.95. The Morgan fingerprint density at radius 2 is 1.61 bits per heavy atom. The summed E-state index contributed by atoms with van der Waals surface area (Å²) in [6.45, 7) is 2.43. The van der Waals surface area contributed by atoms with Crippen LogP contribution in [0.2, 0.25) is 0 Å². The van der Waals surface area contributed by atoms with Gasteiger partial charge in [-0.25, -0.2) is 13.2 Å². The SMILES string of the molecule is CCN(Cc1ccccc1)C(=O)COC(=O)c1ccc(S(=O)(=O)N(C)C2CCCCC2)cc1. The van der Waals surface area contributed by atoms with E-state index in [1.165, 1.54) is 28.6 Å². The summed E-state index contributed by atoms with van der Waals surface area (Å²) in [5.74, 6) is -0.952. The van der Waals surface area contributed by atoms with Gasteiger partial charge >= 0.3 is 5.97 Å². The maximum atomic E-state index is 12.9. The number of rotatable bonds is 9. The van der Waals surface area contributed by atoms with Crippen LogP contribution in [0, 0.1) is 0 Å². The summed E-state index contributed by atoms with van der Waals surface area (Å²) in [5, 5.41) is 0. The largest absolute Gasteiger partial charge is 0.452 e. The van der Waals surface area contributed by atoms with Crippen LogP contribution < -0.4 is 0 Å². The predicted molar refractivity (Wildman–Crippen MR) is 126 cm³/mol. The summed E-state index contributed by atoms with van der Waals surface area (Å²) >= 11 is 0. The first kappa shape index (κ1) is 24.9. The van der Waals surface area contributed by atoms with Gasteiger partial charge in [0.05, 0.1) is 10.5 Å². The standard InChI is InChI=1S/C25H32N2O5S/c1-3-27(18-20-10-6-4-7-11-20)24(28)19-32-25(29)21-14-16-23(17-15-21)33(30,31)26(2)22-12-8-5-9-13-22/h4,6-7,10-11,14-17,22H,3,5,8-9,12-13,18-19H2,1-2H3. The number of esters is 1. The molecule has 0 unspecified atom stereocenters. The molecule has 0 saturated heterocycles. The van der Waals surface area contributed by atoms with Crippen LogP contribution in [0.15, 0.2) is 59.5 Å². The average molecular weight is 473 g/mol. The molecule has 0 radical (unpaired) electrons. The van der Waals surface area contributed by atoms with E-state index in [1.807, 2.05) is 37.3 Å². The Morgan fingerprint density at radius 3 is 2.21 bits per heavy atom. The molecule has 1 saturated carbocycles. The molecule has 0 bridgehead atoms. The number of benzene rings is 2. The topological polar surface area (TPSA) is 84.0 Å². The van der Waals surface area contributed by atoms with E-state index in [9.17, 15) is 18.0 Å². The second-order valence-electron chi connectivity index (χ2n) is 8.31. The fraction of sp³-hybridized carbons (Fsp3) is 0.440. The fourth-order valence-corrected chi connectivity index (χ4v) is 5.47. The highest BCUT2D eigenvalue weighted by Crippen LogP contribution is 2.26. The maximum absolute atomic E-state index is 12.9. The minimum atomic E-state index is -3.63. The number of likely N-dealkylation sites (N-methyl/N-ethyl adjacent to an activating group) is 1. The maximum Gasteiger partial charge on any atom is 0.338 e. The lowest BCUT2D eigenvalue weighted by molar-refractivity contribution is -0.134. The molecule has 3 rings (SSSR count). The van der Waals surface area contributed by atoms with Crippen LogP contribution in [0.1, 0.15) is 54.9 Å². The summed E-state index contributed by atoms with van der Waals surface area (Å²) in [4.78, 5) is 26.6. The minimum Gasteiger partial charge on any atom is -0.452 e. The summed E-state index contributed by atoms with van der Waals surface area (Å²) < 4.78 is 32.5. The minimum absolute atomic E-state index is 0.0109. The lowest BCUT2D eigenvalue weighted by Crippen LogP contribution is -2.38. The molecule has 0 N–H and O–H groups in total. The highest BCUT2D eigenvalue weighted by atomic mass is 32.2. The molecular weight excluding hydrogens is 440 g/mol. The number of carbonyl (C=O) groups is 2. The zero-order valence-electron chi connectivity index (χ0n) is 19.3. The fourth-order valence-electron chi connectivity index (χ4n) is 4.05. The first-order chi connectivity index (χ1) is 15.8. The third kappa shape index (κ3) is 6.42. The van der Waals surface area contributed by atoms with Gasteiger partial charge in [-0.05, 0) is 49.6 Å². The van der Waals surface area contributed by atoms with Crippen molar-refractivity contribution in [3.8, 4) is 0 Å². The van der Waals surface area contributed by atoms with Crippen molar-refractivity contribution in [1.82, 2.24) is 9.21 Å². The van der Waals surface area contributed by atoms with Gasteiger partial charge in [0, 0.05) is 26.2 Å². The summed E-state index contributed by atoms with van der Waals surface area (Å²) in [6, 6.07) is 15.3. The van der Waals surface area contributed by atoms with Crippen LogP contribution in [0.4, 0.5) is 0 Å². The molecule has 178 valence electrons. The molecular formula is C25H32N2O5S. The van der Waals surface area contributed by atoms with E-state index in [2.05, 4.69) is 0 Å². The molecule has 1 amide bonds. The zero-order chi connectivity index (χ0) is 23.8. The van der Waals surface area contributed by atoms with Crippen molar-refractivity contribution in [1.29, 1.82) is 0 Å². The number of nitrogens with zero attached hydrogens (tertiary/aromatic N) is 2. The van der Waals surface area contributed by atoms with E-state index in [1.54, 1.807) is 11.9 Å². The predicted octanol–water partition coefficient (Wildman–Crippen LogP) is 3.85. The molecule has 0 aromatic heterocycles. The van der Waals surface area contributed by atoms with E-state index in [0.29, 0.717) is 13.1 Å². The molecule has 0 atom stereocenters. The van der Waals surface area contributed by atoms with Gasteiger partial charge in [0.25, 0.3) is 5.91 Å².